The lowest BCUT2D eigenvalue weighted by molar-refractivity contribution is -0.113. The number of carbonyl (C=O) groups excluding carboxylic acids is 2. The number of thiophene rings is 1. The van der Waals surface area contributed by atoms with E-state index in [1.54, 1.807) is 6.26 Å². The van der Waals surface area contributed by atoms with Crippen molar-refractivity contribution in [3.63, 3.8) is 0 Å². The number of furan rings is 1. The van der Waals surface area contributed by atoms with Gasteiger partial charge in [0, 0.05) is 10.9 Å². The maximum atomic E-state index is 12.8. The first-order valence-corrected chi connectivity index (χ1v) is 12.4. The average Bonchev–Trinajstić information content (AvgIpc) is 3.41. The van der Waals surface area contributed by atoms with E-state index in [2.05, 4.69) is 22.4 Å². The Labute approximate surface area is 195 Å². The molecule has 10 heteroatoms. The van der Waals surface area contributed by atoms with Crippen LogP contribution in [0.5, 0.6) is 0 Å². The monoisotopic (exact) mass is 473 g/mol. The number of nitrogens with one attached hydrogen (secondary N) is 1. The van der Waals surface area contributed by atoms with Crippen molar-refractivity contribution in [2.45, 2.75) is 58.2 Å². The number of rotatable bonds is 7. The molecule has 1 atom stereocenters. The molecule has 0 fully saturated rings. The van der Waals surface area contributed by atoms with Crippen molar-refractivity contribution in [3.05, 3.63) is 34.1 Å². The highest BCUT2D eigenvalue weighted by Crippen LogP contribution is 2.39. The van der Waals surface area contributed by atoms with Crippen molar-refractivity contribution in [2.75, 3.05) is 11.1 Å². The number of nitrogens with zero attached hydrogens (tertiary/aromatic N) is 3. The second kappa shape index (κ2) is 9.11. The first kappa shape index (κ1) is 22.6. The molecule has 0 aliphatic heterocycles. The summed E-state index contributed by atoms with van der Waals surface area (Å²) in [5.74, 6) is 1.50. The van der Waals surface area contributed by atoms with Gasteiger partial charge in [0.15, 0.2) is 11.0 Å². The van der Waals surface area contributed by atoms with Crippen LogP contribution >= 0.6 is 23.1 Å². The highest BCUT2D eigenvalue weighted by Gasteiger charge is 2.27. The number of hydrogen-bond donors (Lipinski definition) is 2. The van der Waals surface area contributed by atoms with Gasteiger partial charge in [-0.05, 0) is 57.6 Å². The fourth-order valence-corrected chi connectivity index (χ4v) is 6.33. The lowest BCUT2D eigenvalue weighted by Gasteiger charge is -2.18. The molecule has 1 aliphatic rings. The van der Waals surface area contributed by atoms with Crippen LogP contribution in [0.3, 0.4) is 0 Å². The van der Waals surface area contributed by atoms with Crippen LogP contribution in [0.15, 0.2) is 21.9 Å². The van der Waals surface area contributed by atoms with E-state index < -0.39 is 5.91 Å². The average molecular weight is 474 g/mol. The van der Waals surface area contributed by atoms with Crippen LogP contribution in [0.2, 0.25) is 0 Å². The number of aryl methyl sites for hydroxylation is 1. The molecule has 170 valence electrons. The Morgan fingerprint density at radius 2 is 2.19 bits per heavy atom. The van der Waals surface area contributed by atoms with Gasteiger partial charge >= 0.3 is 0 Å². The minimum absolute atomic E-state index is 0.104. The van der Waals surface area contributed by atoms with Crippen LogP contribution in [-0.4, -0.2) is 32.3 Å². The molecule has 3 aromatic rings. The van der Waals surface area contributed by atoms with Crippen LogP contribution in [-0.2, 0) is 17.6 Å². The maximum absolute atomic E-state index is 12.8. The number of aromatic nitrogens is 3. The molecule has 0 spiro atoms. The van der Waals surface area contributed by atoms with Gasteiger partial charge in [0.2, 0.25) is 5.91 Å². The summed E-state index contributed by atoms with van der Waals surface area (Å²) in [4.78, 5) is 26.0. The smallest absolute Gasteiger partial charge is 0.251 e. The Balaban J connectivity index is 1.50. The molecule has 0 aromatic carbocycles. The highest BCUT2D eigenvalue weighted by molar-refractivity contribution is 7.99. The number of nitrogens with two attached hydrogens (primary N) is 1. The summed E-state index contributed by atoms with van der Waals surface area (Å²) >= 11 is 2.78. The lowest BCUT2D eigenvalue weighted by atomic mass is 9.88. The Hall–Kier alpha value is -2.59. The Morgan fingerprint density at radius 3 is 2.84 bits per heavy atom. The third-order valence-corrected chi connectivity index (χ3v) is 7.74. The van der Waals surface area contributed by atoms with E-state index in [1.165, 1.54) is 23.1 Å². The van der Waals surface area contributed by atoms with Gasteiger partial charge in [0.1, 0.15) is 10.8 Å². The molecule has 0 radical (unpaired) electrons. The van der Waals surface area contributed by atoms with Crippen molar-refractivity contribution < 1.29 is 14.0 Å². The molecule has 0 saturated carbocycles. The topological polar surface area (TPSA) is 116 Å². The number of primary amides is 1. The van der Waals surface area contributed by atoms with E-state index in [4.69, 9.17) is 10.2 Å². The quantitative estimate of drug-likeness (QED) is 0.490. The summed E-state index contributed by atoms with van der Waals surface area (Å²) in [6.45, 7) is 8.17. The molecular formula is C22H27N5O3S2. The number of anilines is 1. The molecule has 4 rings (SSSR count). The minimum Gasteiger partial charge on any atom is -0.469 e. The van der Waals surface area contributed by atoms with Crippen LogP contribution in [0.1, 0.15) is 59.8 Å². The van der Waals surface area contributed by atoms with Crippen molar-refractivity contribution in [1.29, 1.82) is 0 Å². The van der Waals surface area contributed by atoms with Gasteiger partial charge in [-0.2, -0.15) is 0 Å². The van der Waals surface area contributed by atoms with E-state index in [0.29, 0.717) is 27.5 Å². The predicted molar refractivity (Wildman–Crippen MR) is 126 cm³/mol. The summed E-state index contributed by atoms with van der Waals surface area (Å²) in [6, 6.07) is 1.97. The normalized spacial score (nSPS) is 15.7. The number of thioether (sulfide) groups is 1. The van der Waals surface area contributed by atoms with Gasteiger partial charge in [0.05, 0.1) is 23.1 Å². The van der Waals surface area contributed by atoms with Crippen LogP contribution in [0, 0.1) is 12.8 Å². The Kier molecular flexibility index (Phi) is 6.43. The van der Waals surface area contributed by atoms with Gasteiger partial charge in [-0.25, -0.2) is 0 Å². The predicted octanol–water partition coefficient (Wildman–Crippen LogP) is 4.44. The van der Waals surface area contributed by atoms with E-state index in [1.807, 2.05) is 31.4 Å². The molecule has 0 saturated heterocycles. The molecule has 1 aliphatic carbocycles. The summed E-state index contributed by atoms with van der Waals surface area (Å²) in [5.41, 5.74) is 8.01. The summed E-state index contributed by atoms with van der Waals surface area (Å²) < 4.78 is 7.41. The summed E-state index contributed by atoms with van der Waals surface area (Å²) in [5, 5.41) is 12.8. The van der Waals surface area contributed by atoms with Crippen LogP contribution < -0.4 is 11.1 Å². The number of hydrogen-bond acceptors (Lipinski definition) is 7. The highest BCUT2D eigenvalue weighted by atomic mass is 32.2. The molecule has 32 heavy (non-hydrogen) atoms. The van der Waals surface area contributed by atoms with Crippen molar-refractivity contribution in [3.8, 4) is 11.4 Å². The van der Waals surface area contributed by atoms with Gasteiger partial charge in [-0.3, -0.25) is 14.2 Å². The van der Waals surface area contributed by atoms with E-state index >= 15 is 0 Å². The van der Waals surface area contributed by atoms with Gasteiger partial charge < -0.3 is 15.5 Å². The first-order valence-electron chi connectivity index (χ1n) is 10.6. The van der Waals surface area contributed by atoms with Crippen molar-refractivity contribution >= 4 is 39.9 Å². The minimum atomic E-state index is -0.486. The van der Waals surface area contributed by atoms with E-state index in [9.17, 15) is 9.59 Å². The third kappa shape index (κ3) is 4.33. The molecule has 3 N–H and O–H groups in total. The van der Waals surface area contributed by atoms with Crippen LogP contribution in [0.4, 0.5) is 5.00 Å². The second-order valence-electron chi connectivity index (χ2n) is 8.42. The van der Waals surface area contributed by atoms with Gasteiger partial charge in [0.25, 0.3) is 5.91 Å². The van der Waals surface area contributed by atoms with Gasteiger partial charge in [-0.1, -0.05) is 18.7 Å². The van der Waals surface area contributed by atoms with Crippen molar-refractivity contribution in [1.82, 2.24) is 14.8 Å². The molecular weight excluding hydrogens is 446 g/mol. The lowest BCUT2D eigenvalue weighted by Crippen LogP contribution is -2.20. The largest absolute Gasteiger partial charge is 0.469 e. The fraction of sp³-hybridized carbons (Fsp3) is 0.455. The second-order valence-corrected chi connectivity index (χ2v) is 10.5. The SMILES string of the molecule is Cc1occc1-c1nnc(SCC(=O)Nc2sc3c(c2C(N)=O)CCC(C)C3)n1C(C)C. The molecule has 8 nitrogen and oxygen atoms in total. The molecule has 3 heterocycles. The Morgan fingerprint density at radius 1 is 1.41 bits per heavy atom. The maximum Gasteiger partial charge on any atom is 0.251 e. The van der Waals surface area contributed by atoms with Crippen LogP contribution in [0.25, 0.3) is 11.4 Å². The molecule has 1 unspecified atom stereocenters. The third-order valence-electron chi connectivity index (χ3n) is 5.62. The fourth-order valence-electron chi connectivity index (χ4n) is 4.03. The standard InChI is InChI=1S/C22H27N5O3S2/c1-11(2)27-20(14-7-8-30-13(14)4)25-26-22(27)31-10-17(28)24-21-18(19(23)29)15-6-5-12(3)9-16(15)32-21/h7-8,11-12H,5-6,9-10H2,1-4H3,(H2,23,29)(H,24,28). The van der Waals surface area contributed by atoms with Crippen molar-refractivity contribution in [2.24, 2.45) is 11.7 Å². The molecule has 0 bridgehead atoms. The summed E-state index contributed by atoms with van der Waals surface area (Å²) in [6.07, 6.45) is 4.39. The number of carbonyl (C=O) groups is 2. The van der Waals surface area contributed by atoms with E-state index in [0.717, 1.165) is 41.0 Å². The molecule has 3 aromatic heterocycles. The first-order chi connectivity index (χ1) is 15.3. The van der Waals surface area contributed by atoms with E-state index in [-0.39, 0.29) is 17.7 Å². The number of fused-ring (bicyclic) bond motifs is 1. The zero-order valence-electron chi connectivity index (χ0n) is 18.6. The van der Waals surface area contributed by atoms with Gasteiger partial charge in [-0.15, -0.1) is 21.5 Å². The molecule has 2 amide bonds. The Bertz CT molecular complexity index is 1160. The summed E-state index contributed by atoms with van der Waals surface area (Å²) in [7, 11) is 0. The zero-order valence-corrected chi connectivity index (χ0v) is 20.2. The number of amides is 2. The zero-order chi connectivity index (χ0) is 23.0.